The summed E-state index contributed by atoms with van der Waals surface area (Å²) >= 11 is 3.11. The van der Waals surface area contributed by atoms with Crippen molar-refractivity contribution >= 4 is 27.6 Å². The lowest BCUT2D eigenvalue weighted by atomic mass is 10.3. The standard InChI is InChI=1S/C11H11BrFN3/c1-7-6-16(2)11(14-7)15-8-3-4-9(12)10(13)5-8/h3-6H,1-2H3,(H,14,15). The third-order valence-electron chi connectivity index (χ3n) is 2.17. The van der Waals surface area contributed by atoms with Gasteiger partial charge in [0.15, 0.2) is 0 Å². The van der Waals surface area contributed by atoms with Crippen molar-refractivity contribution in [2.24, 2.45) is 7.05 Å². The number of benzene rings is 1. The van der Waals surface area contributed by atoms with Gasteiger partial charge in [0, 0.05) is 18.9 Å². The molecule has 0 atom stereocenters. The lowest BCUT2D eigenvalue weighted by Crippen LogP contribution is -1.98. The Morgan fingerprint density at radius 2 is 2.19 bits per heavy atom. The van der Waals surface area contributed by atoms with Crippen LogP contribution in [0.4, 0.5) is 16.0 Å². The highest BCUT2D eigenvalue weighted by Gasteiger charge is 2.04. The maximum Gasteiger partial charge on any atom is 0.207 e. The molecule has 2 rings (SSSR count). The highest BCUT2D eigenvalue weighted by atomic mass is 79.9. The van der Waals surface area contributed by atoms with E-state index in [4.69, 9.17) is 0 Å². The van der Waals surface area contributed by atoms with Gasteiger partial charge in [0.1, 0.15) is 5.82 Å². The Morgan fingerprint density at radius 1 is 1.44 bits per heavy atom. The molecule has 16 heavy (non-hydrogen) atoms. The number of aryl methyl sites for hydroxylation is 2. The molecule has 0 aliphatic carbocycles. The second-order valence-corrected chi connectivity index (χ2v) is 4.43. The van der Waals surface area contributed by atoms with Gasteiger partial charge in [-0.3, -0.25) is 0 Å². The maximum absolute atomic E-state index is 13.3. The summed E-state index contributed by atoms with van der Waals surface area (Å²) in [5.41, 5.74) is 1.59. The van der Waals surface area contributed by atoms with Gasteiger partial charge in [-0.15, -0.1) is 0 Å². The normalized spacial score (nSPS) is 10.5. The van der Waals surface area contributed by atoms with E-state index < -0.39 is 0 Å². The lowest BCUT2D eigenvalue weighted by Gasteiger charge is -2.06. The zero-order chi connectivity index (χ0) is 11.7. The summed E-state index contributed by atoms with van der Waals surface area (Å²) < 4.78 is 15.6. The first-order valence-electron chi connectivity index (χ1n) is 4.78. The third kappa shape index (κ3) is 2.24. The molecule has 0 radical (unpaired) electrons. The van der Waals surface area contributed by atoms with Gasteiger partial charge < -0.3 is 9.88 Å². The van der Waals surface area contributed by atoms with Crippen LogP contribution in [-0.2, 0) is 7.05 Å². The molecule has 1 N–H and O–H groups in total. The Kier molecular flexibility index (Phi) is 2.96. The first-order chi connectivity index (χ1) is 7.56. The highest BCUT2D eigenvalue weighted by molar-refractivity contribution is 9.10. The molecule has 0 aliphatic rings. The molecular weight excluding hydrogens is 273 g/mol. The van der Waals surface area contributed by atoms with Crippen LogP contribution in [0.1, 0.15) is 5.69 Å². The average Bonchev–Trinajstić information content (AvgIpc) is 2.51. The molecule has 0 amide bonds. The minimum Gasteiger partial charge on any atom is -0.326 e. The van der Waals surface area contributed by atoms with E-state index in [1.165, 1.54) is 6.07 Å². The second-order valence-electron chi connectivity index (χ2n) is 3.57. The largest absolute Gasteiger partial charge is 0.326 e. The fraction of sp³-hybridized carbons (Fsp3) is 0.182. The minimum absolute atomic E-state index is 0.295. The summed E-state index contributed by atoms with van der Waals surface area (Å²) in [6.45, 7) is 1.91. The van der Waals surface area contributed by atoms with E-state index in [9.17, 15) is 4.39 Å². The SMILES string of the molecule is Cc1cn(C)c(Nc2ccc(Br)c(F)c2)n1. The van der Waals surface area contributed by atoms with Crippen LogP contribution < -0.4 is 5.32 Å². The molecule has 0 saturated carbocycles. The molecule has 0 fully saturated rings. The summed E-state index contributed by atoms with van der Waals surface area (Å²) in [4.78, 5) is 4.28. The van der Waals surface area contributed by atoms with Crippen molar-refractivity contribution in [3.63, 3.8) is 0 Å². The van der Waals surface area contributed by atoms with Gasteiger partial charge in [-0.2, -0.15) is 0 Å². The van der Waals surface area contributed by atoms with Crippen molar-refractivity contribution in [1.82, 2.24) is 9.55 Å². The predicted octanol–water partition coefficient (Wildman–Crippen LogP) is 3.37. The molecule has 2 aromatic rings. The first-order valence-corrected chi connectivity index (χ1v) is 5.57. The molecule has 3 nitrogen and oxygen atoms in total. The van der Waals surface area contributed by atoms with Crippen LogP contribution in [0.5, 0.6) is 0 Å². The van der Waals surface area contributed by atoms with Crippen molar-refractivity contribution in [3.8, 4) is 0 Å². The minimum atomic E-state index is -0.295. The van der Waals surface area contributed by atoms with Gasteiger partial charge in [0.05, 0.1) is 10.2 Å². The fourth-order valence-corrected chi connectivity index (χ4v) is 1.68. The topological polar surface area (TPSA) is 29.9 Å². The second kappa shape index (κ2) is 4.25. The van der Waals surface area contributed by atoms with Crippen LogP contribution >= 0.6 is 15.9 Å². The number of halogens is 2. The van der Waals surface area contributed by atoms with Crippen LogP contribution in [0.25, 0.3) is 0 Å². The number of nitrogens with one attached hydrogen (secondary N) is 1. The molecule has 1 aromatic heterocycles. The number of hydrogen-bond acceptors (Lipinski definition) is 2. The molecular formula is C11H11BrFN3. The van der Waals surface area contributed by atoms with Gasteiger partial charge >= 0.3 is 0 Å². The van der Waals surface area contributed by atoms with E-state index in [2.05, 4.69) is 26.2 Å². The average molecular weight is 284 g/mol. The zero-order valence-corrected chi connectivity index (χ0v) is 10.5. The third-order valence-corrected chi connectivity index (χ3v) is 2.82. The summed E-state index contributed by atoms with van der Waals surface area (Å²) in [5.74, 6) is 0.398. The first kappa shape index (κ1) is 11.1. The zero-order valence-electron chi connectivity index (χ0n) is 8.96. The summed E-state index contributed by atoms with van der Waals surface area (Å²) in [6.07, 6.45) is 1.90. The summed E-state index contributed by atoms with van der Waals surface area (Å²) in [7, 11) is 1.89. The molecule has 5 heteroatoms. The van der Waals surface area contributed by atoms with Crippen molar-refractivity contribution in [2.75, 3.05) is 5.32 Å². The lowest BCUT2D eigenvalue weighted by molar-refractivity contribution is 0.621. The van der Waals surface area contributed by atoms with Gasteiger partial charge in [-0.1, -0.05) is 0 Å². The van der Waals surface area contributed by atoms with Crippen LogP contribution in [0.2, 0.25) is 0 Å². The summed E-state index contributed by atoms with van der Waals surface area (Å²) in [6, 6.07) is 4.87. The molecule has 0 unspecified atom stereocenters. The van der Waals surface area contributed by atoms with Gasteiger partial charge in [0.2, 0.25) is 5.95 Å². The number of aromatic nitrogens is 2. The van der Waals surface area contributed by atoms with E-state index in [1.54, 1.807) is 12.1 Å². The van der Waals surface area contributed by atoms with Gasteiger partial charge in [0.25, 0.3) is 0 Å². The number of nitrogens with zero attached hydrogens (tertiary/aromatic N) is 2. The summed E-state index contributed by atoms with van der Waals surface area (Å²) in [5, 5.41) is 3.05. The smallest absolute Gasteiger partial charge is 0.207 e. The number of hydrogen-bond donors (Lipinski definition) is 1. The van der Waals surface area contributed by atoms with E-state index >= 15 is 0 Å². The predicted molar refractivity (Wildman–Crippen MR) is 65.3 cm³/mol. The maximum atomic E-state index is 13.3. The Hall–Kier alpha value is -1.36. The van der Waals surface area contributed by atoms with Crippen LogP contribution in [-0.4, -0.2) is 9.55 Å². The molecule has 0 bridgehead atoms. The Morgan fingerprint density at radius 3 is 2.75 bits per heavy atom. The molecule has 0 aliphatic heterocycles. The van der Waals surface area contributed by atoms with Crippen LogP contribution in [0.3, 0.4) is 0 Å². The van der Waals surface area contributed by atoms with E-state index in [-0.39, 0.29) is 5.82 Å². The van der Waals surface area contributed by atoms with E-state index in [0.29, 0.717) is 16.1 Å². The Balaban J connectivity index is 2.27. The van der Waals surface area contributed by atoms with Crippen molar-refractivity contribution in [1.29, 1.82) is 0 Å². The van der Waals surface area contributed by atoms with Crippen molar-refractivity contribution in [2.45, 2.75) is 6.92 Å². The number of anilines is 2. The number of rotatable bonds is 2. The molecule has 84 valence electrons. The molecule has 1 heterocycles. The Labute approximate surface area is 101 Å². The van der Waals surface area contributed by atoms with Gasteiger partial charge in [-0.25, -0.2) is 9.37 Å². The molecule has 0 saturated heterocycles. The Bertz CT molecular complexity index is 522. The van der Waals surface area contributed by atoms with E-state index in [1.807, 2.05) is 24.7 Å². The fourth-order valence-electron chi connectivity index (χ4n) is 1.44. The van der Waals surface area contributed by atoms with Crippen LogP contribution in [0.15, 0.2) is 28.9 Å². The molecule has 1 aromatic carbocycles. The van der Waals surface area contributed by atoms with Crippen molar-refractivity contribution < 1.29 is 4.39 Å². The van der Waals surface area contributed by atoms with Gasteiger partial charge in [-0.05, 0) is 41.1 Å². The highest BCUT2D eigenvalue weighted by Crippen LogP contribution is 2.21. The number of imidazole rings is 1. The van der Waals surface area contributed by atoms with Crippen LogP contribution in [0, 0.1) is 12.7 Å². The monoisotopic (exact) mass is 283 g/mol. The quantitative estimate of drug-likeness (QED) is 0.916. The van der Waals surface area contributed by atoms with E-state index in [0.717, 1.165) is 5.69 Å². The molecule has 0 spiro atoms. The van der Waals surface area contributed by atoms with Crippen molar-refractivity contribution in [3.05, 3.63) is 40.4 Å².